The summed E-state index contributed by atoms with van der Waals surface area (Å²) in [5.41, 5.74) is 0.936. The van der Waals surface area contributed by atoms with E-state index in [9.17, 15) is 9.90 Å². The zero-order valence-electron chi connectivity index (χ0n) is 10.2. The number of thioether (sulfide) groups is 1. The average Bonchev–Trinajstić information content (AvgIpc) is 2.87. The van der Waals surface area contributed by atoms with Crippen molar-refractivity contribution in [1.29, 1.82) is 0 Å². The third-order valence-electron chi connectivity index (χ3n) is 2.91. The number of methoxy groups -OCH3 is 2. The molecule has 0 radical (unpaired) electrons. The summed E-state index contributed by atoms with van der Waals surface area (Å²) in [6, 6.07) is 5.02. The van der Waals surface area contributed by atoms with Crippen LogP contribution < -0.4 is 19.9 Å². The molecule has 0 unspecified atom stereocenters. The molecule has 1 aromatic carbocycles. The number of benzene rings is 1. The van der Waals surface area contributed by atoms with E-state index in [1.54, 1.807) is 31.3 Å². The van der Waals surface area contributed by atoms with Gasteiger partial charge in [-0.1, -0.05) is 11.8 Å². The number of carboxylic acids is 1. The van der Waals surface area contributed by atoms with Gasteiger partial charge in [0, 0.05) is 0 Å². The summed E-state index contributed by atoms with van der Waals surface area (Å²) in [7, 11) is 3.20. The molecule has 6 heteroatoms. The van der Waals surface area contributed by atoms with Crippen molar-refractivity contribution in [2.45, 2.75) is 11.4 Å². The Labute approximate surface area is 109 Å². The number of ether oxygens (including phenoxy) is 2. The highest BCUT2D eigenvalue weighted by molar-refractivity contribution is 7.99. The molecule has 18 heavy (non-hydrogen) atoms. The van der Waals surface area contributed by atoms with Gasteiger partial charge in [0.2, 0.25) is 0 Å². The first-order valence-corrected chi connectivity index (χ1v) is 6.60. The van der Waals surface area contributed by atoms with E-state index in [2.05, 4.69) is 0 Å². The van der Waals surface area contributed by atoms with Crippen LogP contribution in [0.4, 0.5) is 0 Å². The van der Waals surface area contributed by atoms with Gasteiger partial charge in [0.15, 0.2) is 5.37 Å². The number of hydrogen-bond acceptors (Lipinski definition) is 5. The normalized spacial score (nSPS) is 22.8. The van der Waals surface area contributed by atoms with Crippen LogP contribution in [0.3, 0.4) is 0 Å². The minimum atomic E-state index is -1.02. The average molecular weight is 269 g/mol. The third-order valence-corrected chi connectivity index (χ3v) is 4.23. The van der Waals surface area contributed by atoms with Crippen molar-refractivity contribution in [3.63, 3.8) is 0 Å². The van der Waals surface area contributed by atoms with Crippen LogP contribution in [-0.2, 0) is 4.79 Å². The summed E-state index contributed by atoms with van der Waals surface area (Å²) in [5.74, 6) is 0.986. The molecule has 1 aliphatic heterocycles. The van der Waals surface area contributed by atoms with Gasteiger partial charge in [-0.2, -0.15) is 0 Å². The smallest absolute Gasteiger partial charge is 0.163 e. The lowest BCUT2D eigenvalue weighted by Crippen LogP contribution is -2.90. The molecule has 2 atom stereocenters. The number of carboxylic acid groups (broad SMARTS) is 1. The van der Waals surface area contributed by atoms with Crippen LogP contribution in [0, 0.1) is 0 Å². The number of aliphatic carboxylic acids is 1. The van der Waals surface area contributed by atoms with Crippen LogP contribution in [0.5, 0.6) is 11.5 Å². The number of hydrogen-bond donors (Lipinski definition) is 1. The Morgan fingerprint density at radius 3 is 2.78 bits per heavy atom. The van der Waals surface area contributed by atoms with E-state index in [4.69, 9.17) is 9.47 Å². The molecule has 0 amide bonds. The van der Waals surface area contributed by atoms with Crippen LogP contribution in [0.25, 0.3) is 0 Å². The molecule has 1 saturated heterocycles. The van der Waals surface area contributed by atoms with Crippen molar-refractivity contribution in [3.05, 3.63) is 23.8 Å². The molecular weight excluding hydrogens is 254 g/mol. The van der Waals surface area contributed by atoms with Crippen molar-refractivity contribution in [3.8, 4) is 11.5 Å². The van der Waals surface area contributed by atoms with E-state index in [1.807, 2.05) is 18.2 Å². The van der Waals surface area contributed by atoms with E-state index in [0.29, 0.717) is 5.75 Å². The largest absolute Gasteiger partial charge is 0.544 e. The highest BCUT2D eigenvalue weighted by atomic mass is 32.2. The molecule has 0 aliphatic carbocycles. The van der Waals surface area contributed by atoms with Gasteiger partial charge >= 0.3 is 0 Å². The molecule has 0 bridgehead atoms. The Morgan fingerprint density at radius 1 is 1.44 bits per heavy atom. The summed E-state index contributed by atoms with van der Waals surface area (Å²) in [5, 5.41) is 12.6. The summed E-state index contributed by atoms with van der Waals surface area (Å²) in [4.78, 5) is 10.8. The first-order valence-electron chi connectivity index (χ1n) is 5.55. The fourth-order valence-electron chi connectivity index (χ4n) is 1.93. The Hall–Kier alpha value is -1.40. The maximum absolute atomic E-state index is 10.8. The van der Waals surface area contributed by atoms with Crippen LogP contribution in [0.15, 0.2) is 18.2 Å². The van der Waals surface area contributed by atoms with Crippen molar-refractivity contribution < 1.29 is 24.7 Å². The fourth-order valence-corrected chi connectivity index (χ4v) is 3.26. The minimum absolute atomic E-state index is 0.00190. The molecule has 1 aromatic rings. The van der Waals surface area contributed by atoms with Crippen LogP contribution in [-0.4, -0.2) is 32.0 Å². The lowest BCUT2D eigenvalue weighted by molar-refractivity contribution is -0.690. The first-order chi connectivity index (χ1) is 8.65. The van der Waals surface area contributed by atoms with Crippen LogP contribution in [0.2, 0.25) is 0 Å². The van der Waals surface area contributed by atoms with Crippen molar-refractivity contribution in [2.75, 3.05) is 20.0 Å². The van der Waals surface area contributed by atoms with E-state index < -0.39 is 12.0 Å². The van der Waals surface area contributed by atoms with Gasteiger partial charge < -0.3 is 24.7 Å². The van der Waals surface area contributed by atoms with Crippen molar-refractivity contribution >= 4 is 17.7 Å². The van der Waals surface area contributed by atoms with E-state index in [-0.39, 0.29) is 5.37 Å². The third kappa shape index (κ3) is 2.54. The molecular formula is C12H15NO4S. The molecule has 0 saturated carbocycles. The Bertz CT molecular complexity index is 452. The van der Waals surface area contributed by atoms with Crippen molar-refractivity contribution in [1.82, 2.24) is 0 Å². The second kappa shape index (κ2) is 5.49. The SMILES string of the molecule is COc1ccc(OC)c([C@@H]2[NH2+][C@@H](C(=O)[O-])CS2)c1. The number of carbonyl (C=O) groups excluding carboxylic acids is 1. The summed E-state index contributed by atoms with van der Waals surface area (Å²) in [6.45, 7) is 0. The van der Waals surface area contributed by atoms with Gasteiger partial charge in [-0.05, 0) is 18.2 Å². The lowest BCUT2D eigenvalue weighted by atomic mass is 10.1. The Morgan fingerprint density at radius 2 is 2.22 bits per heavy atom. The lowest BCUT2D eigenvalue weighted by Gasteiger charge is -2.15. The highest BCUT2D eigenvalue weighted by Crippen LogP contribution is 2.35. The topological polar surface area (TPSA) is 75.2 Å². The summed E-state index contributed by atoms with van der Waals surface area (Å²) in [6.07, 6.45) is 0. The Kier molecular flexibility index (Phi) is 3.98. The maximum atomic E-state index is 10.8. The fraction of sp³-hybridized carbons (Fsp3) is 0.417. The van der Waals surface area contributed by atoms with E-state index in [1.165, 1.54) is 0 Å². The molecule has 1 heterocycles. The van der Waals surface area contributed by atoms with Gasteiger partial charge in [-0.3, -0.25) is 0 Å². The monoisotopic (exact) mass is 269 g/mol. The molecule has 2 rings (SSSR count). The van der Waals surface area contributed by atoms with E-state index in [0.717, 1.165) is 17.1 Å². The van der Waals surface area contributed by atoms with Gasteiger partial charge in [0.1, 0.15) is 23.5 Å². The summed E-state index contributed by atoms with van der Waals surface area (Å²) < 4.78 is 10.5. The quantitative estimate of drug-likeness (QED) is 0.769. The molecule has 5 nitrogen and oxygen atoms in total. The molecule has 0 aromatic heterocycles. The highest BCUT2D eigenvalue weighted by Gasteiger charge is 2.32. The van der Waals surface area contributed by atoms with Gasteiger partial charge in [0.25, 0.3) is 0 Å². The predicted octanol–water partition coefficient (Wildman–Crippen LogP) is -0.869. The number of quaternary nitrogens is 1. The minimum Gasteiger partial charge on any atom is -0.544 e. The zero-order chi connectivity index (χ0) is 13.1. The van der Waals surface area contributed by atoms with Gasteiger partial charge in [0.05, 0.1) is 25.5 Å². The molecule has 2 N–H and O–H groups in total. The predicted molar refractivity (Wildman–Crippen MR) is 65.5 cm³/mol. The molecule has 1 aliphatic rings. The maximum Gasteiger partial charge on any atom is 0.163 e. The zero-order valence-corrected chi connectivity index (χ0v) is 11.0. The van der Waals surface area contributed by atoms with Crippen LogP contribution >= 0.6 is 11.8 Å². The first kappa shape index (κ1) is 13.0. The molecule has 98 valence electrons. The van der Waals surface area contributed by atoms with Crippen LogP contribution in [0.1, 0.15) is 10.9 Å². The number of nitrogens with two attached hydrogens (primary N) is 1. The van der Waals surface area contributed by atoms with Gasteiger partial charge in [-0.15, -0.1) is 0 Å². The van der Waals surface area contributed by atoms with Gasteiger partial charge in [-0.25, -0.2) is 0 Å². The molecule has 1 fully saturated rings. The second-order valence-corrected chi connectivity index (χ2v) is 5.15. The number of rotatable bonds is 4. The number of carbonyl (C=O) groups is 1. The standard InChI is InChI=1S/C12H15NO4S/c1-16-7-3-4-10(17-2)8(5-7)11-13-9(6-18-11)12(14)15/h3-5,9,11,13H,6H2,1-2H3,(H,14,15)/t9-,11-/m1/s1. The second-order valence-electron chi connectivity index (χ2n) is 3.98. The summed E-state index contributed by atoms with van der Waals surface area (Å²) >= 11 is 1.57. The van der Waals surface area contributed by atoms with Crippen molar-refractivity contribution in [2.24, 2.45) is 0 Å². The van der Waals surface area contributed by atoms with E-state index >= 15 is 0 Å². The Balaban J connectivity index is 2.24. The molecule has 0 spiro atoms.